The molecular formula is C20H19ClFN5O2S. The molecule has 0 aliphatic carbocycles. The summed E-state index contributed by atoms with van der Waals surface area (Å²) in [5.74, 6) is -0.350. The van der Waals surface area contributed by atoms with Gasteiger partial charge in [0.15, 0.2) is 11.0 Å². The molecule has 7 nitrogen and oxygen atoms in total. The molecule has 0 aliphatic heterocycles. The standard InChI is InChI=1S/C20H19ClFN5O2S/c1-12(23-19(29)13-6-8-14(21)9-7-13)18-25-26-20(27(18)2)30-11-17(28)24-16-5-3-4-15(22)10-16/h3-10,12H,11H2,1-2H3,(H,23,29)(H,24,28)/t12-/m1/s1. The number of rotatable bonds is 7. The first-order chi connectivity index (χ1) is 14.3. The minimum Gasteiger partial charge on any atom is -0.342 e. The Bertz CT molecular complexity index is 1060. The van der Waals surface area contributed by atoms with Crippen molar-refractivity contribution in [3.63, 3.8) is 0 Å². The maximum Gasteiger partial charge on any atom is 0.251 e. The van der Waals surface area contributed by atoms with Crippen molar-refractivity contribution in [1.29, 1.82) is 0 Å². The Balaban J connectivity index is 1.57. The molecule has 0 fully saturated rings. The topological polar surface area (TPSA) is 88.9 Å². The Hall–Kier alpha value is -2.91. The number of thioether (sulfide) groups is 1. The zero-order chi connectivity index (χ0) is 21.7. The van der Waals surface area contributed by atoms with Crippen LogP contribution in [0.2, 0.25) is 5.02 Å². The van der Waals surface area contributed by atoms with E-state index in [1.165, 1.54) is 30.0 Å². The van der Waals surface area contributed by atoms with Crippen molar-refractivity contribution in [3.8, 4) is 0 Å². The fraction of sp³-hybridized carbons (Fsp3) is 0.200. The number of carbonyl (C=O) groups is 2. The molecule has 0 aliphatic rings. The second-order valence-corrected chi connectivity index (χ2v) is 7.83. The van der Waals surface area contributed by atoms with Gasteiger partial charge < -0.3 is 15.2 Å². The number of hydrogen-bond donors (Lipinski definition) is 2. The lowest BCUT2D eigenvalue weighted by molar-refractivity contribution is -0.113. The Labute approximate surface area is 182 Å². The minimum absolute atomic E-state index is 0.0774. The minimum atomic E-state index is -0.423. The van der Waals surface area contributed by atoms with Gasteiger partial charge in [-0.2, -0.15) is 0 Å². The van der Waals surface area contributed by atoms with Crippen molar-refractivity contribution in [2.75, 3.05) is 11.1 Å². The molecule has 30 heavy (non-hydrogen) atoms. The average Bonchev–Trinajstić information content (AvgIpc) is 3.07. The summed E-state index contributed by atoms with van der Waals surface area (Å²) < 4.78 is 14.9. The van der Waals surface area contributed by atoms with E-state index < -0.39 is 11.9 Å². The van der Waals surface area contributed by atoms with Gasteiger partial charge in [-0.3, -0.25) is 9.59 Å². The quantitative estimate of drug-likeness (QED) is 0.537. The predicted molar refractivity (Wildman–Crippen MR) is 114 cm³/mol. The summed E-state index contributed by atoms with van der Waals surface area (Å²) in [7, 11) is 1.76. The number of aromatic nitrogens is 3. The molecule has 156 valence electrons. The number of nitrogens with zero attached hydrogens (tertiary/aromatic N) is 3. The first-order valence-corrected chi connectivity index (χ1v) is 10.3. The van der Waals surface area contributed by atoms with Gasteiger partial charge in [0.1, 0.15) is 5.82 Å². The van der Waals surface area contributed by atoms with Gasteiger partial charge in [-0.1, -0.05) is 29.4 Å². The molecule has 0 bridgehead atoms. The van der Waals surface area contributed by atoms with E-state index in [9.17, 15) is 14.0 Å². The van der Waals surface area contributed by atoms with Gasteiger partial charge in [-0.15, -0.1) is 10.2 Å². The Morgan fingerprint density at radius 3 is 2.63 bits per heavy atom. The van der Waals surface area contributed by atoms with Crippen molar-refractivity contribution >= 4 is 40.9 Å². The third-order valence-corrected chi connectivity index (χ3v) is 5.42. The van der Waals surface area contributed by atoms with Gasteiger partial charge in [0, 0.05) is 23.3 Å². The molecule has 0 spiro atoms. The summed E-state index contributed by atoms with van der Waals surface area (Å²) in [5.41, 5.74) is 0.870. The summed E-state index contributed by atoms with van der Waals surface area (Å²) in [6, 6.07) is 11.8. The van der Waals surface area contributed by atoms with Crippen LogP contribution >= 0.6 is 23.4 Å². The molecule has 2 N–H and O–H groups in total. The molecular weight excluding hydrogens is 429 g/mol. The van der Waals surface area contributed by atoms with E-state index in [-0.39, 0.29) is 17.6 Å². The van der Waals surface area contributed by atoms with Crippen LogP contribution < -0.4 is 10.6 Å². The van der Waals surface area contributed by atoms with E-state index in [2.05, 4.69) is 20.8 Å². The molecule has 2 aromatic carbocycles. The number of anilines is 1. The van der Waals surface area contributed by atoms with E-state index in [0.717, 1.165) is 0 Å². The molecule has 0 radical (unpaired) electrons. The summed E-state index contributed by atoms with van der Waals surface area (Å²) in [4.78, 5) is 24.5. The lowest BCUT2D eigenvalue weighted by Gasteiger charge is -2.13. The zero-order valence-corrected chi connectivity index (χ0v) is 17.8. The van der Waals surface area contributed by atoms with Crippen molar-refractivity contribution in [1.82, 2.24) is 20.1 Å². The van der Waals surface area contributed by atoms with Gasteiger partial charge in [0.2, 0.25) is 5.91 Å². The first-order valence-electron chi connectivity index (χ1n) is 8.97. The number of benzene rings is 2. The summed E-state index contributed by atoms with van der Waals surface area (Å²) in [6.07, 6.45) is 0. The van der Waals surface area contributed by atoms with Crippen molar-refractivity contribution < 1.29 is 14.0 Å². The average molecular weight is 448 g/mol. The smallest absolute Gasteiger partial charge is 0.251 e. The van der Waals surface area contributed by atoms with Crippen LogP contribution in [0.5, 0.6) is 0 Å². The van der Waals surface area contributed by atoms with E-state index in [1.54, 1.807) is 48.9 Å². The Kier molecular flexibility index (Phi) is 7.07. The molecule has 10 heteroatoms. The second kappa shape index (κ2) is 9.73. The normalized spacial score (nSPS) is 11.7. The number of nitrogens with one attached hydrogen (secondary N) is 2. The lowest BCUT2D eigenvalue weighted by atomic mass is 10.2. The first kappa shape index (κ1) is 21.8. The van der Waals surface area contributed by atoms with Crippen LogP contribution in [-0.4, -0.2) is 32.3 Å². The number of hydrogen-bond acceptors (Lipinski definition) is 5. The van der Waals surface area contributed by atoms with Gasteiger partial charge in [0.05, 0.1) is 11.8 Å². The van der Waals surface area contributed by atoms with Crippen LogP contribution in [0.3, 0.4) is 0 Å². The molecule has 1 atom stereocenters. The van der Waals surface area contributed by atoms with Crippen LogP contribution in [0.15, 0.2) is 53.7 Å². The monoisotopic (exact) mass is 447 g/mol. The number of halogens is 2. The van der Waals surface area contributed by atoms with Crippen molar-refractivity contribution in [3.05, 3.63) is 70.8 Å². The van der Waals surface area contributed by atoms with Crippen molar-refractivity contribution in [2.24, 2.45) is 7.05 Å². The highest BCUT2D eigenvalue weighted by molar-refractivity contribution is 7.99. The van der Waals surface area contributed by atoms with E-state index in [0.29, 0.717) is 27.3 Å². The van der Waals surface area contributed by atoms with Crippen molar-refractivity contribution in [2.45, 2.75) is 18.1 Å². The SMILES string of the molecule is C[C@@H](NC(=O)c1ccc(Cl)cc1)c1nnc(SCC(=O)Nc2cccc(F)c2)n1C. The highest BCUT2D eigenvalue weighted by atomic mass is 35.5. The zero-order valence-electron chi connectivity index (χ0n) is 16.2. The third-order valence-electron chi connectivity index (χ3n) is 4.15. The Morgan fingerprint density at radius 2 is 1.93 bits per heavy atom. The summed E-state index contributed by atoms with van der Waals surface area (Å²) in [5, 5.41) is 14.8. The van der Waals surface area contributed by atoms with E-state index in [1.807, 2.05) is 0 Å². The van der Waals surface area contributed by atoms with Crippen LogP contribution in [0.4, 0.5) is 10.1 Å². The molecule has 1 heterocycles. The molecule has 2 amide bonds. The second-order valence-electron chi connectivity index (χ2n) is 6.45. The highest BCUT2D eigenvalue weighted by Crippen LogP contribution is 2.20. The van der Waals surface area contributed by atoms with Crippen LogP contribution in [0, 0.1) is 5.82 Å². The van der Waals surface area contributed by atoms with Gasteiger partial charge in [-0.25, -0.2) is 4.39 Å². The lowest BCUT2D eigenvalue weighted by Crippen LogP contribution is -2.28. The molecule has 0 saturated heterocycles. The van der Waals surface area contributed by atoms with E-state index in [4.69, 9.17) is 11.6 Å². The highest BCUT2D eigenvalue weighted by Gasteiger charge is 2.19. The molecule has 0 unspecified atom stereocenters. The molecule has 3 rings (SSSR count). The van der Waals surface area contributed by atoms with Gasteiger partial charge >= 0.3 is 0 Å². The Morgan fingerprint density at radius 1 is 1.20 bits per heavy atom. The predicted octanol–water partition coefficient (Wildman–Crippen LogP) is 3.83. The van der Waals surface area contributed by atoms with Gasteiger partial charge in [0.25, 0.3) is 5.91 Å². The molecule has 1 aromatic heterocycles. The third kappa shape index (κ3) is 5.58. The van der Waals surface area contributed by atoms with Crippen LogP contribution in [-0.2, 0) is 11.8 Å². The summed E-state index contributed by atoms with van der Waals surface area (Å²) in [6.45, 7) is 1.79. The molecule has 3 aromatic rings. The van der Waals surface area contributed by atoms with E-state index >= 15 is 0 Å². The summed E-state index contributed by atoms with van der Waals surface area (Å²) >= 11 is 7.03. The number of amides is 2. The largest absolute Gasteiger partial charge is 0.342 e. The maximum atomic E-state index is 13.2. The van der Waals surface area contributed by atoms with Gasteiger partial charge in [-0.05, 0) is 49.4 Å². The number of carbonyl (C=O) groups excluding carboxylic acids is 2. The fourth-order valence-corrected chi connectivity index (χ4v) is 3.51. The van der Waals surface area contributed by atoms with Crippen LogP contribution in [0.25, 0.3) is 0 Å². The molecule has 0 saturated carbocycles. The van der Waals surface area contributed by atoms with Crippen LogP contribution in [0.1, 0.15) is 29.1 Å². The fourth-order valence-electron chi connectivity index (χ4n) is 2.67. The maximum absolute atomic E-state index is 13.2.